The lowest BCUT2D eigenvalue weighted by molar-refractivity contribution is 0.289. The van der Waals surface area contributed by atoms with Gasteiger partial charge >= 0.3 is 0 Å². The van der Waals surface area contributed by atoms with E-state index in [1.807, 2.05) is 37.3 Å². The molecule has 0 unspecified atom stereocenters. The van der Waals surface area contributed by atoms with E-state index < -0.39 is 0 Å². The fourth-order valence-corrected chi connectivity index (χ4v) is 3.28. The van der Waals surface area contributed by atoms with Crippen LogP contribution in [-0.2, 0) is 6.54 Å². The molecule has 0 aliphatic carbocycles. The van der Waals surface area contributed by atoms with Gasteiger partial charge in [-0.25, -0.2) is 4.98 Å². The fourth-order valence-electron chi connectivity index (χ4n) is 3.10. The van der Waals surface area contributed by atoms with Crippen molar-refractivity contribution in [3.05, 3.63) is 63.4 Å². The van der Waals surface area contributed by atoms with Gasteiger partial charge in [-0.1, -0.05) is 55.3 Å². The largest absolute Gasteiger partial charge is 0.302 e. The summed E-state index contributed by atoms with van der Waals surface area (Å²) in [4.78, 5) is 20.3. The Labute approximate surface area is 159 Å². The normalized spacial score (nSPS) is 11.4. The zero-order chi connectivity index (χ0) is 18.7. The first-order chi connectivity index (χ1) is 12.5. The lowest BCUT2D eigenvalue weighted by atomic mass is 10.1. The number of rotatable bonds is 6. The number of hydrogen-bond donors (Lipinski definition) is 0. The molecule has 1 aromatic heterocycles. The van der Waals surface area contributed by atoms with E-state index in [1.54, 1.807) is 16.7 Å². The predicted octanol–water partition coefficient (Wildman–Crippen LogP) is 4.37. The molecule has 3 rings (SSSR count). The van der Waals surface area contributed by atoms with Crippen molar-refractivity contribution in [3.63, 3.8) is 0 Å². The van der Waals surface area contributed by atoms with Crippen LogP contribution in [-0.4, -0.2) is 34.1 Å². The Kier molecular flexibility index (Phi) is 5.74. The molecule has 0 spiro atoms. The van der Waals surface area contributed by atoms with Gasteiger partial charge in [0, 0.05) is 23.7 Å². The summed E-state index contributed by atoms with van der Waals surface area (Å²) in [6, 6.07) is 13.4. The summed E-state index contributed by atoms with van der Waals surface area (Å²) in [5.74, 6) is 0.706. The van der Waals surface area contributed by atoms with Gasteiger partial charge in [-0.2, -0.15) is 0 Å². The smallest absolute Gasteiger partial charge is 0.261 e. The summed E-state index contributed by atoms with van der Waals surface area (Å²) in [7, 11) is 0. The Hall–Kier alpha value is -2.17. The summed E-state index contributed by atoms with van der Waals surface area (Å²) >= 11 is 6.11. The molecule has 4 nitrogen and oxygen atoms in total. The summed E-state index contributed by atoms with van der Waals surface area (Å²) in [6.45, 7) is 9.62. The van der Waals surface area contributed by atoms with Gasteiger partial charge in [0.05, 0.1) is 10.9 Å². The number of nitrogens with zero attached hydrogens (tertiary/aromatic N) is 3. The van der Waals surface area contributed by atoms with Crippen LogP contribution in [0.5, 0.6) is 0 Å². The highest BCUT2D eigenvalue weighted by atomic mass is 35.5. The van der Waals surface area contributed by atoms with Gasteiger partial charge in [-0.05, 0) is 38.2 Å². The molecule has 136 valence electrons. The molecule has 0 atom stereocenters. The van der Waals surface area contributed by atoms with Crippen molar-refractivity contribution in [2.75, 3.05) is 19.6 Å². The summed E-state index contributed by atoms with van der Waals surface area (Å²) in [5.41, 5.74) is 2.76. The van der Waals surface area contributed by atoms with E-state index in [0.29, 0.717) is 28.3 Å². The average Bonchev–Trinajstić information content (AvgIpc) is 2.65. The van der Waals surface area contributed by atoms with Crippen molar-refractivity contribution >= 4 is 22.5 Å². The quantitative estimate of drug-likeness (QED) is 0.647. The Morgan fingerprint density at radius 2 is 1.77 bits per heavy atom. The fraction of sp³-hybridized carbons (Fsp3) is 0.333. The first-order valence-corrected chi connectivity index (χ1v) is 9.40. The van der Waals surface area contributed by atoms with Crippen LogP contribution in [0, 0.1) is 6.92 Å². The first-order valence-electron chi connectivity index (χ1n) is 9.03. The number of halogens is 1. The Balaban J connectivity index is 2.16. The summed E-state index contributed by atoms with van der Waals surface area (Å²) in [6.07, 6.45) is 0. The molecule has 0 aliphatic rings. The number of hydrogen-bond acceptors (Lipinski definition) is 3. The van der Waals surface area contributed by atoms with Crippen molar-refractivity contribution in [1.82, 2.24) is 14.5 Å². The Bertz CT molecular complexity index is 959. The highest BCUT2D eigenvalue weighted by Crippen LogP contribution is 2.21. The molecule has 0 fully saturated rings. The van der Waals surface area contributed by atoms with Crippen LogP contribution in [0.1, 0.15) is 19.4 Å². The molecular weight excluding hydrogens is 346 g/mol. The third-order valence-electron chi connectivity index (χ3n) is 4.76. The van der Waals surface area contributed by atoms with Crippen molar-refractivity contribution in [3.8, 4) is 11.4 Å². The molecule has 0 amide bonds. The van der Waals surface area contributed by atoms with Gasteiger partial charge in [0.15, 0.2) is 0 Å². The van der Waals surface area contributed by atoms with Gasteiger partial charge in [-0.15, -0.1) is 0 Å². The van der Waals surface area contributed by atoms with E-state index in [2.05, 4.69) is 18.7 Å². The van der Waals surface area contributed by atoms with Crippen LogP contribution < -0.4 is 5.56 Å². The van der Waals surface area contributed by atoms with Gasteiger partial charge in [0.25, 0.3) is 5.56 Å². The minimum atomic E-state index is -0.0415. The van der Waals surface area contributed by atoms with E-state index in [-0.39, 0.29) is 5.56 Å². The van der Waals surface area contributed by atoms with Gasteiger partial charge in [0.1, 0.15) is 5.82 Å². The van der Waals surface area contributed by atoms with Crippen molar-refractivity contribution in [1.29, 1.82) is 0 Å². The topological polar surface area (TPSA) is 38.1 Å². The highest BCUT2D eigenvalue weighted by Gasteiger charge is 2.14. The minimum Gasteiger partial charge on any atom is -0.302 e. The van der Waals surface area contributed by atoms with Crippen molar-refractivity contribution < 1.29 is 0 Å². The molecule has 0 saturated carbocycles. The van der Waals surface area contributed by atoms with E-state index in [9.17, 15) is 4.79 Å². The van der Waals surface area contributed by atoms with Crippen molar-refractivity contribution in [2.24, 2.45) is 0 Å². The number of aryl methyl sites for hydroxylation is 1. The Morgan fingerprint density at radius 3 is 2.42 bits per heavy atom. The first kappa shape index (κ1) is 18.6. The summed E-state index contributed by atoms with van der Waals surface area (Å²) in [5, 5.41) is 1.11. The van der Waals surface area contributed by atoms with Crippen LogP contribution in [0.4, 0.5) is 0 Å². The molecular formula is C21H24ClN3O. The number of benzene rings is 2. The monoisotopic (exact) mass is 369 g/mol. The maximum atomic E-state index is 13.2. The van der Waals surface area contributed by atoms with Crippen LogP contribution >= 0.6 is 11.6 Å². The standard InChI is InChI=1S/C21H24ClN3O/c1-4-24(5-2)12-13-25-20(16-8-6-15(3)7-9-16)23-19-11-10-17(22)14-18(19)21(25)26/h6-11,14H,4-5,12-13H2,1-3H3. The molecule has 5 heteroatoms. The molecule has 0 saturated heterocycles. The molecule has 2 aromatic carbocycles. The zero-order valence-corrected chi connectivity index (χ0v) is 16.3. The maximum absolute atomic E-state index is 13.2. The maximum Gasteiger partial charge on any atom is 0.261 e. The molecule has 3 aromatic rings. The molecule has 0 bridgehead atoms. The second kappa shape index (κ2) is 8.02. The number of fused-ring (bicyclic) bond motifs is 1. The third kappa shape index (κ3) is 3.81. The molecule has 26 heavy (non-hydrogen) atoms. The van der Waals surface area contributed by atoms with Gasteiger partial charge < -0.3 is 4.90 Å². The molecule has 1 heterocycles. The van der Waals surface area contributed by atoms with Gasteiger partial charge in [0.2, 0.25) is 0 Å². The van der Waals surface area contributed by atoms with Gasteiger partial charge in [-0.3, -0.25) is 9.36 Å². The van der Waals surface area contributed by atoms with Crippen LogP contribution in [0.15, 0.2) is 47.3 Å². The SMILES string of the molecule is CCN(CC)CCn1c(-c2ccc(C)cc2)nc2ccc(Cl)cc2c1=O. The van der Waals surface area contributed by atoms with Crippen molar-refractivity contribution in [2.45, 2.75) is 27.3 Å². The van der Waals surface area contributed by atoms with Crippen LogP contribution in [0.2, 0.25) is 5.02 Å². The molecule has 0 N–H and O–H groups in total. The zero-order valence-electron chi connectivity index (χ0n) is 15.5. The molecule has 0 aliphatic heterocycles. The lowest BCUT2D eigenvalue weighted by Crippen LogP contribution is -2.32. The van der Waals surface area contributed by atoms with E-state index in [1.165, 1.54) is 5.56 Å². The predicted molar refractivity (Wildman–Crippen MR) is 109 cm³/mol. The van der Waals surface area contributed by atoms with E-state index in [4.69, 9.17) is 16.6 Å². The highest BCUT2D eigenvalue weighted by molar-refractivity contribution is 6.31. The molecule has 0 radical (unpaired) electrons. The second-order valence-electron chi connectivity index (χ2n) is 6.45. The third-order valence-corrected chi connectivity index (χ3v) is 5.00. The van der Waals surface area contributed by atoms with Crippen LogP contribution in [0.3, 0.4) is 0 Å². The van der Waals surface area contributed by atoms with E-state index >= 15 is 0 Å². The van der Waals surface area contributed by atoms with E-state index in [0.717, 1.165) is 25.2 Å². The van der Waals surface area contributed by atoms with Crippen LogP contribution in [0.25, 0.3) is 22.3 Å². The average molecular weight is 370 g/mol. The number of likely N-dealkylation sites (N-methyl/N-ethyl adjacent to an activating group) is 1. The number of aromatic nitrogens is 2. The second-order valence-corrected chi connectivity index (χ2v) is 6.88. The minimum absolute atomic E-state index is 0.0415. The summed E-state index contributed by atoms with van der Waals surface area (Å²) < 4.78 is 1.78. The Morgan fingerprint density at radius 1 is 1.08 bits per heavy atom. The lowest BCUT2D eigenvalue weighted by Gasteiger charge is -2.20.